The lowest BCUT2D eigenvalue weighted by Gasteiger charge is -2.13. The Bertz CT molecular complexity index is 944. The lowest BCUT2D eigenvalue weighted by Crippen LogP contribution is -2.31. The number of sulfonamides is 1. The molecule has 28 heavy (non-hydrogen) atoms. The van der Waals surface area contributed by atoms with Crippen LogP contribution in [0.3, 0.4) is 0 Å². The molecule has 0 atom stereocenters. The minimum atomic E-state index is -3.73. The van der Waals surface area contributed by atoms with Gasteiger partial charge in [0.25, 0.3) is 5.91 Å². The minimum Gasteiger partial charge on any atom is -0.350 e. The molecule has 3 N–H and O–H groups in total. The van der Waals surface area contributed by atoms with Crippen molar-refractivity contribution >= 4 is 39.1 Å². The van der Waals surface area contributed by atoms with Crippen molar-refractivity contribution in [3.63, 3.8) is 0 Å². The summed E-state index contributed by atoms with van der Waals surface area (Å²) in [6.45, 7) is 3.59. The second-order valence-corrected chi connectivity index (χ2v) is 8.53. The van der Waals surface area contributed by atoms with E-state index in [1.807, 2.05) is 13.8 Å². The van der Waals surface area contributed by atoms with Crippen LogP contribution in [-0.4, -0.2) is 32.8 Å². The van der Waals surface area contributed by atoms with E-state index in [4.69, 9.17) is 11.6 Å². The number of hydrogen-bond acceptors (Lipinski definition) is 4. The molecule has 0 heterocycles. The van der Waals surface area contributed by atoms with Crippen molar-refractivity contribution in [3.05, 3.63) is 59.1 Å². The zero-order valence-corrected chi connectivity index (χ0v) is 17.1. The minimum absolute atomic E-state index is 0.0430. The van der Waals surface area contributed by atoms with Gasteiger partial charge in [-0.1, -0.05) is 23.7 Å². The summed E-state index contributed by atoms with van der Waals surface area (Å²) in [5.74, 6) is -0.710. The predicted molar refractivity (Wildman–Crippen MR) is 109 cm³/mol. The number of benzene rings is 2. The van der Waals surface area contributed by atoms with Crippen molar-refractivity contribution in [1.29, 1.82) is 0 Å². The maximum atomic E-state index is 12.2. The summed E-state index contributed by atoms with van der Waals surface area (Å²) < 4.78 is 26.7. The van der Waals surface area contributed by atoms with Gasteiger partial charge in [0.15, 0.2) is 0 Å². The molecular formula is C19H22ClN3O4S. The van der Waals surface area contributed by atoms with Gasteiger partial charge in [0.05, 0.1) is 16.1 Å². The smallest absolute Gasteiger partial charge is 0.253 e. The summed E-state index contributed by atoms with van der Waals surface area (Å²) in [7, 11) is -3.73. The first kappa shape index (κ1) is 21.9. The molecule has 0 aliphatic rings. The van der Waals surface area contributed by atoms with E-state index in [9.17, 15) is 18.0 Å². The number of carbonyl (C=O) groups is 2. The average molecular weight is 424 g/mol. The van der Waals surface area contributed by atoms with Gasteiger partial charge in [0.1, 0.15) is 0 Å². The number of para-hydroxylation sites is 1. The molecule has 0 fully saturated rings. The molecule has 0 aliphatic carbocycles. The first-order chi connectivity index (χ1) is 13.2. The Morgan fingerprint density at radius 1 is 1.04 bits per heavy atom. The van der Waals surface area contributed by atoms with E-state index in [0.717, 1.165) is 0 Å². The molecule has 7 nitrogen and oxygen atoms in total. The van der Waals surface area contributed by atoms with Crippen LogP contribution >= 0.6 is 11.6 Å². The first-order valence-electron chi connectivity index (χ1n) is 8.64. The Morgan fingerprint density at radius 3 is 2.32 bits per heavy atom. The van der Waals surface area contributed by atoms with Crippen LogP contribution in [0.2, 0.25) is 5.02 Å². The molecule has 2 rings (SSSR count). The Balaban J connectivity index is 1.94. The first-order valence-corrected chi connectivity index (χ1v) is 10.5. The number of hydrogen-bond donors (Lipinski definition) is 3. The van der Waals surface area contributed by atoms with Crippen LogP contribution in [0.15, 0.2) is 53.4 Å². The molecule has 2 amide bonds. The van der Waals surface area contributed by atoms with E-state index in [-0.39, 0.29) is 29.8 Å². The monoisotopic (exact) mass is 423 g/mol. The maximum absolute atomic E-state index is 12.2. The third kappa shape index (κ3) is 6.33. The third-order valence-corrected chi connectivity index (χ3v) is 5.36. The maximum Gasteiger partial charge on any atom is 0.253 e. The van der Waals surface area contributed by atoms with Gasteiger partial charge in [-0.3, -0.25) is 9.59 Å². The summed E-state index contributed by atoms with van der Waals surface area (Å²) in [5.41, 5.74) is 0.706. The van der Waals surface area contributed by atoms with Gasteiger partial charge in [-0.05, 0) is 50.2 Å². The van der Waals surface area contributed by atoms with Crippen molar-refractivity contribution in [1.82, 2.24) is 10.0 Å². The zero-order valence-electron chi connectivity index (χ0n) is 15.5. The summed E-state index contributed by atoms with van der Waals surface area (Å²) in [6.07, 6.45) is -0.0903. The Hall–Kier alpha value is -2.42. The lowest BCUT2D eigenvalue weighted by molar-refractivity contribution is -0.116. The highest BCUT2D eigenvalue weighted by molar-refractivity contribution is 7.89. The predicted octanol–water partition coefficient (Wildman–Crippen LogP) is 2.79. The van der Waals surface area contributed by atoms with Crippen molar-refractivity contribution in [2.24, 2.45) is 0 Å². The SMILES string of the molecule is CC(C)NC(=O)c1ccccc1NC(=O)CCNS(=O)(=O)c1ccc(Cl)cc1. The molecule has 0 unspecified atom stereocenters. The summed E-state index contributed by atoms with van der Waals surface area (Å²) in [6, 6.07) is 12.3. The standard InChI is InChI=1S/C19H22ClN3O4S/c1-13(2)22-19(25)16-5-3-4-6-17(16)23-18(24)11-12-21-28(26,27)15-9-7-14(20)8-10-15/h3-10,13,21H,11-12H2,1-2H3,(H,22,25)(H,23,24). The molecular weight excluding hydrogens is 402 g/mol. The van der Waals surface area contributed by atoms with E-state index in [0.29, 0.717) is 16.3 Å². The van der Waals surface area contributed by atoms with Gasteiger partial charge in [0, 0.05) is 24.0 Å². The van der Waals surface area contributed by atoms with Gasteiger partial charge >= 0.3 is 0 Å². The Labute approximate surface area is 169 Å². The van der Waals surface area contributed by atoms with Crippen LogP contribution in [0.1, 0.15) is 30.6 Å². The van der Waals surface area contributed by atoms with Gasteiger partial charge in [0.2, 0.25) is 15.9 Å². The number of rotatable bonds is 8. The summed E-state index contributed by atoms with van der Waals surface area (Å²) in [5, 5.41) is 5.84. The fourth-order valence-electron chi connectivity index (χ4n) is 2.34. The van der Waals surface area contributed by atoms with E-state index in [1.54, 1.807) is 24.3 Å². The fourth-order valence-corrected chi connectivity index (χ4v) is 3.50. The van der Waals surface area contributed by atoms with E-state index in [1.165, 1.54) is 24.3 Å². The van der Waals surface area contributed by atoms with Crippen LogP contribution in [0.25, 0.3) is 0 Å². The highest BCUT2D eigenvalue weighted by Gasteiger charge is 2.16. The van der Waals surface area contributed by atoms with Crippen LogP contribution < -0.4 is 15.4 Å². The van der Waals surface area contributed by atoms with Crippen LogP contribution in [0.4, 0.5) is 5.69 Å². The number of carbonyl (C=O) groups excluding carboxylic acids is 2. The molecule has 2 aromatic carbocycles. The molecule has 0 aromatic heterocycles. The summed E-state index contributed by atoms with van der Waals surface area (Å²) >= 11 is 5.75. The average Bonchev–Trinajstić information content (AvgIpc) is 2.61. The van der Waals surface area contributed by atoms with Crippen LogP contribution in [0.5, 0.6) is 0 Å². The zero-order chi connectivity index (χ0) is 20.7. The highest BCUT2D eigenvalue weighted by Crippen LogP contribution is 2.16. The molecule has 0 aliphatic heterocycles. The number of nitrogens with one attached hydrogen (secondary N) is 3. The molecule has 2 aromatic rings. The van der Waals surface area contributed by atoms with E-state index >= 15 is 0 Å². The van der Waals surface area contributed by atoms with Crippen molar-refractivity contribution in [2.45, 2.75) is 31.2 Å². The van der Waals surface area contributed by atoms with Crippen molar-refractivity contribution in [3.8, 4) is 0 Å². The van der Waals surface area contributed by atoms with Gasteiger partial charge < -0.3 is 10.6 Å². The van der Waals surface area contributed by atoms with E-state index in [2.05, 4.69) is 15.4 Å². The fraction of sp³-hybridized carbons (Fsp3) is 0.263. The lowest BCUT2D eigenvalue weighted by atomic mass is 10.1. The number of halogens is 1. The molecule has 0 spiro atoms. The number of anilines is 1. The molecule has 150 valence electrons. The molecule has 0 saturated heterocycles. The van der Waals surface area contributed by atoms with Crippen molar-refractivity contribution < 1.29 is 18.0 Å². The van der Waals surface area contributed by atoms with Gasteiger partial charge in [-0.25, -0.2) is 13.1 Å². The topological polar surface area (TPSA) is 104 Å². The van der Waals surface area contributed by atoms with Crippen LogP contribution in [-0.2, 0) is 14.8 Å². The van der Waals surface area contributed by atoms with Crippen LogP contribution in [0, 0.1) is 0 Å². The Kier molecular flexibility index (Phi) is 7.56. The largest absolute Gasteiger partial charge is 0.350 e. The quantitative estimate of drug-likeness (QED) is 0.607. The number of amides is 2. The second-order valence-electron chi connectivity index (χ2n) is 6.32. The van der Waals surface area contributed by atoms with Crippen molar-refractivity contribution in [2.75, 3.05) is 11.9 Å². The third-order valence-electron chi connectivity index (χ3n) is 3.63. The highest BCUT2D eigenvalue weighted by atomic mass is 35.5. The molecule has 9 heteroatoms. The molecule has 0 radical (unpaired) electrons. The second kappa shape index (κ2) is 9.68. The normalized spacial score (nSPS) is 11.3. The molecule has 0 saturated carbocycles. The summed E-state index contributed by atoms with van der Waals surface area (Å²) in [4.78, 5) is 24.5. The van der Waals surface area contributed by atoms with Gasteiger partial charge in [-0.15, -0.1) is 0 Å². The molecule has 0 bridgehead atoms. The van der Waals surface area contributed by atoms with Gasteiger partial charge in [-0.2, -0.15) is 0 Å². The van der Waals surface area contributed by atoms with E-state index < -0.39 is 15.9 Å². The Morgan fingerprint density at radius 2 is 1.68 bits per heavy atom.